The molecule has 96 valence electrons. The van der Waals surface area contributed by atoms with Gasteiger partial charge in [0.2, 0.25) is 10.0 Å². The summed E-state index contributed by atoms with van der Waals surface area (Å²) in [6.45, 7) is 7.25. The molecule has 1 rings (SSSR count). The van der Waals surface area contributed by atoms with Crippen LogP contribution in [0, 0.1) is 13.8 Å². The number of sulfonamides is 1. The molecule has 4 nitrogen and oxygen atoms in total. The van der Waals surface area contributed by atoms with Crippen molar-refractivity contribution in [3.63, 3.8) is 0 Å². The molecular formula is C12H19NO3S. The monoisotopic (exact) mass is 257 g/mol. The van der Waals surface area contributed by atoms with Gasteiger partial charge in [0.05, 0.1) is 12.0 Å². The minimum absolute atomic E-state index is 0.133. The third-order valence-electron chi connectivity index (χ3n) is 2.37. The Morgan fingerprint density at radius 1 is 1.18 bits per heavy atom. The van der Waals surface area contributed by atoms with Gasteiger partial charge >= 0.3 is 0 Å². The lowest BCUT2D eigenvalue weighted by molar-refractivity contribution is 0.410. The van der Waals surface area contributed by atoms with Crippen LogP contribution in [0.2, 0.25) is 0 Å². The average Bonchev–Trinajstić information content (AvgIpc) is 2.15. The molecule has 0 heterocycles. The van der Waals surface area contributed by atoms with E-state index in [2.05, 4.69) is 4.72 Å². The van der Waals surface area contributed by atoms with Crippen LogP contribution in [0.15, 0.2) is 17.0 Å². The zero-order valence-corrected chi connectivity index (χ0v) is 11.7. The molecule has 5 heteroatoms. The first kappa shape index (κ1) is 14.0. The number of methoxy groups -OCH3 is 1. The average molecular weight is 257 g/mol. The molecule has 0 aliphatic heterocycles. The van der Waals surface area contributed by atoms with Crippen LogP contribution < -0.4 is 9.46 Å². The fourth-order valence-corrected chi connectivity index (χ4v) is 3.19. The summed E-state index contributed by atoms with van der Waals surface area (Å²) in [5.74, 6) is 0.583. The van der Waals surface area contributed by atoms with Gasteiger partial charge in [0.1, 0.15) is 5.75 Å². The molecule has 0 spiro atoms. The fraction of sp³-hybridized carbons (Fsp3) is 0.500. The molecule has 17 heavy (non-hydrogen) atoms. The molecule has 0 bridgehead atoms. The molecule has 0 unspecified atom stereocenters. The van der Waals surface area contributed by atoms with Gasteiger partial charge in [0.15, 0.2) is 0 Å². The normalized spacial score (nSPS) is 11.9. The second kappa shape index (κ2) is 5.06. The van der Waals surface area contributed by atoms with Crippen molar-refractivity contribution in [1.82, 2.24) is 4.72 Å². The van der Waals surface area contributed by atoms with Crippen molar-refractivity contribution in [2.24, 2.45) is 0 Å². The van der Waals surface area contributed by atoms with Crippen LogP contribution >= 0.6 is 0 Å². The number of rotatable bonds is 4. The van der Waals surface area contributed by atoms with Crippen LogP contribution in [0.1, 0.15) is 25.0 Å². The van der Waals surface area contributed by atoms with Gasteiger partial charge in [-0.25, -0.2) is 13.1 Å². The van der Waals surface area contributed by atoms with Gasteiger partial charge in [-0.15, -0.1) is 0 Å². The lowest BCUT2D eigenvalue weighted by atomic mass is 10.1. The van der Waals surface area contributed by atoms with Crippen molar-refractivity contribution in [2.75, 3.05) is 7.11 Å². The van der Waals surface area contributed by atoms with E-state index in [1.54, 1.807) is 26.8 Å². The van der Waals surface area contributed by atoms with Crippen molar-refractivity contribution in [3.05, 3.63) is 23.3 Å². The number of nitrogens with one attached hydrogen (secondary N) is 1. The van der Waals surface area contributed by atoms with Gasteiger partial charge in [-0.3, -0.25) is 0 Å². The van der Waals surface area contributed by atoms with Gasteiger partial charge in [0, 0.05) is 12.1 Å². The first-order chi connectivity index (χ1) is 7.77. The van der Waals surface area contributed by atoms with Crippen LogP contribution in [-0.2, 0) is 10.0 Å². The third kappa shape index (κ3) is 3.20. The van der Waals surface area contributed by atoms with E-state index in [9.17, 15) is 8.42 Å². The van der Waals surface area contributed by atoms with Crippen molar-refractivity contribution >= 4 is 10.0 Å². The van der Waals surface area contributed by atoms with E-state index in [1.807, 2.05) is 13.0 Å². The van der Waals surface area contributed by atoms with Gasteiger partial charge < -0.3 is 4.74 Å². The van der Waals surface area contributed by atoms with Gasteiger partial charge in [-0.2, -0.15) is 0 Å². The van der Waals surface area contributed by atoms with Crippen LogP contribution in [0.5, 0.6) is 5.75 Å². The van der Waals surface area contributed by atoms with E-state index in [0.717, 1.165) is 11.1 Å². The SMILES string of the molecule is COc1cc(S(=O)(=O)NC(C)C)c(C)cc1C. The van der Waals surface area contributed by atoms with Crippen LogP contribution in [-0.4, -0.2) is 21.6 Å². The van der Waals surface area contributed by atoms with Crippen LogP contribution in [0.25, 0.3) is 0 Å². The Labute approximate surface area is 103 Å². The minimum Gasteiger partial charge on any atom is -0.496 e. The Morgan fingerprint density at radius 3 is 2.24 bits per heavy atom. The number of ether oxygens (including phenoxy) is 1. The van der Waals surface area contributed by atoms with E-state index >= 15 is 0 Å². The Bertz CT molecular complexity index is 507. The van der Waals surface area contributed by atoms with Crippen LogP contribution in [0.3, 0.4) is 0 Å². The van der Waals surface area contributed by atoms with Crippen molar-refractivity contribution in [3.8, 4) is 5.75 Å². The first-order valence-electron chi connectivity index (χ1n) is 5.45. The number of aryl methyl sites for hydroxylation is 2. The highest BCUT2D eigenvalue weighted by Gasteiger charge is 2.19. The molecular weight excluding hydrogens is 238 g/mol. The molecule has 1 N–H and O–H groups in total. The van der Waals surface area contributed by atoms with E-state index in [0.29, 0.717) is 5.75 Å². The van der Waals surface area contributed by atoms with Crippen molar-refractivity contribution < 1.29 is 13.2 Å². The Balaban J connectivity index is 3.31. The maximum Gasteiger partial charge on any atom is 0.241 e. The predicted molar refractivity (Wildman–Crippen MR) is 67.9 cm³/mol. The van der Waals surface area contributed by atoms with E-state index in [4.69, 9.17) is 4.74 Å². The Hall–Kier alpha value is -1.07. The molecule has 0 aliphatic carbocycles. The summed E-state index contributed by atoms with van der Waals surface area (Å²) >= 11 is 0. The molecule has 0 saturated heterocycles. The zero-order valence-electron chi connectivity index (χ0n) is 10.9. The highest BCUT2D eigenvalue weighted by molar-refractivity contribution is 7.89. The fourth-order valence-electron chi connectivity index (χ4n) is 1.70. The van der Waals surface area contributed by atoms with Crippen molar-refractivity contribution in [2.45, 2.75) is 38.6 Å². The molecule has 0 aromatic heterocycles. The molecule has 1 aromatic carbocycles. The summed E-state index contributed by atoms with van der Waals surface area (Å²) in [4.78, 5) is 0.272. The van der Waals surface area contributed by atoms with E-state index in [-0.39, 0.29) is 10.9 Å². The van der Waals surface area contributed by atoms with Gasteiger partial charge in [0.25, 0.3) is 0 Å². The van der Waals surface area contributed by atoms with Crippen LogP contribution in [0.4, 0.5) is 0 Å². The molecule has 0 radical (unpaired) electrons. The smallest absolute Gasteiger partial charge is 0.241 e. The second-order valence-electron chi connectivity index (χ2n) is 4.36. The summed E-state index contributed by atoms with van der Waals surface area (Å²) < 4.78 is 31.9. The standard InChI is InChI=1S/C12H19NO3S/c1-8(2)13-17(14,15)12-7-11(16-5)9(3)6-10(12)4/h6-8,13H,1-5H3. The second-order valence-corrected chi connectivity index (χ2v) is 6.05. The number of hydrogen-bond acceptors (Lipinski definition) is 3. The Morgan fingerprint density at radius 2 is 1.76 bits per heavy atom. The highest BCUT2D eigenvalue weighted by Crippen LogP contribution is 2.25. The quantitative estimate of drug-likeness (QED) is 0.897. The Kier molecular flexibility index (Phi) is 4.16. The summed E-state index contributed by atoms with van der Waals surface area (Å²) in [6, 6.07) is 3.25. The van der Waals surface area contributed by atoms with Crippen molar-refractivity contribution in [1.29, 1.82) is 0 Å². The topological polar surface area (TPSA) is 55.4 Å². The van der Waals surface area contributed by atoms with Gasteiger partial charge in [-0.1, -0.05) is 6.07 Å². The summed E-state index contributed by atoms with van der Waals surface area (Å²) in [5, 5.41) is 0. The van der Waals surface area contributed by atoms with E-state index < -0.39 is 10.0 Å². The summed E-state index contributed by atoms with van der Waals surface area (Å²) in [6.07, 6.45) is 0. The minimum atomic E-state index is -3.47. The van der Waals surface area contributed by atoms with Gasteiger partial charge in [-0.05, 0) is 38.8 Å². The predicted octanol–water partition coefficient (Wildman–Crippen LogP) is 2.00. The number of hydrogen-bond donors (Lipinski definition) is 1. The van der Waals surface area contributed by atoms with E-state index in [1.165, 1.54) is 7.11 Å². The third-order valence-corrected chi connectivity index (χ3v) is 4.17. The molecule has 0 atom stereocenters. The largest absolute Gasteiger partial charge is 0.496 e. The lowest BCUT2D eigenvalue weighted by Crippen LogP contribution is -2.30. The first-order valence-corrected chi connectivity index (χ1v) is 6.94. The maximum absolute atomic E-state index is 12.1. The summed E-state index contributed by atoms with van der Waals surface area (Å²) in [7, 11) is -1.94. The summed E-state index contributed by atoms with van der Waals surface area (Å²) in [5.41, 5.74) is 1.64. The molecule has 0 aliphatic rings. The lowest BCUT2D eigenvalue weighted by Gasteiger charge is -2.14. The highest BCUT2D eigenvalue weighted by atomic mass is 32.2. The molecule has 0 amide bonds. The number of benzene rings is 1. The zero-order chi connectivity index (χ0) is 13.2. The maximum atomic E-state index is 12.1. The molecule has 0 fully saturated rings. The molecule has 0 saturated carbocycles. The molecule has 1 aromatic rings.